The fourth-order valence-corrected chi connectivity index (χ4v) is 2.79. The topological polar surface area (TPSA) is 20.2 Å². The Balaban J connectivity index is 2.18. The highest BCUT2D eigenvalue weighted by atomic mass is 32.2. The van der Waals surface area contributed by atoms with Crippen molar-refractivity contribution in [3.63, 3.8) is 0 Å². The van der Waals surface area contributed by atoms with Gasteiger partial charge in [-0.3, -0.25) is 0 Å². The number of hydrogen-bond acceptors (Lipinski definition) is 3. The molecule has 0 aliphatic rings. The number of phenolic OH excluding ortho intramolecular Hbond substituents is 1. The van der Waals surface area contributed by atoms with Crippen molar-refractivity contribution in [2.24, 2.45) is 0 Å². The van der Waals surface area contributed by atoms with E-state index < -0.39 is 0 Å². The van der Waals surface area contributed by atoms with Crippen LogP contribution in [0.1, 0.15) is 13.3 Å². The maximum atomic E-state index is 9.24. The predicted octanol–water partition coefficient (Wildman–Crippen LogP) is 3.63. The van der Waals surface area contributed by atoms with Gasteiger partial charge in [0, 0.05) is 4.90 Å². The van der Waals surface area contributed by atoms with Gasteiger partial charge in [-0.25, -0.2) is 0 Å². The van der Waals surface area contributed by atoms with Crippen LogP contribution in [0.25, 0.3) is 0 Å². The smallest absolute Gasteiger partial charge is 0.116 e. The van der Waals surface area contributed by atoms with Crippen LogP contribution < -0.4 is 0 Å². The first-order valence-electron chi connectivity index (χ1n) is 4.82. The van der Waals surface area contributed by atoms with E-state index in [1.54, 1.807) is 6.07 Å². The van der Waals surface area contributed by atoms with Crippen molar-refractivity contribution < 1.29 is 5.11 Å². The lowest BCUT2D eigenvalue weighted by atomic mass is 10.3. The van der Waals surface area contributed by atoms with Gasteiger partial charge in [-0.2, -0.15) is 11.8 Å². The molecule has 0 radical (unpaired) electrons. The van der Waals surface area contributed by atoms with Crippen LogP contribution in [0, 0.1) is 0 Å². The van der Waals surface area contributed by atoms with E-state index in [-0.39, 0.29) is 0 Å². The molecule has 1 aromatic rings. The minimum atomic E-state index is 0.359. The Hall–Kier alpha value is -0.280. The van der Waals surface area contributed by atoms with Gasteiger partial charge in [0.2, 0.25) is 0 Å². The summed E-state index contributed by atoms with van der Waals surface area (Å²) in [6.07, 6.45) is 1.23. The lowest BCUT2D eigenvalue weighted by molar-refractivity contribution is 0.474. The predicted molar refractivity (Wildman–Crippen MR) is 66.4 cm³/mol. The van der Waals surface area contributed by atoms with Crippen molar-refractivity contribution >= 4 is 23.5 Å². The van der Waals surface area contributed by atoms with Gasteiger partial charge in [0.1, 0.15) is 5.75 Å². The highest BCUT2D eigenvalue weighted by molar-refractivity contribution is 8.00. The molecule has 0 heterocycles. The average molecular weight is 228 g/mol. The van der Waals surface area contributed by atoms with Crippen LogP contribution in [-0.4, -0.2) is 22.4 Å². The molecular formula is C11H16OS2. The highest BCUT2D eigenvalue weighted by Crippen LogP contribution is 2.22. The molecule has 0 bridgehead atoms. The Bertz CT molecular complexity index is 263. The molecule has 1 rings (SSSR count). The van der Waals surface area contributed by atoms with Crippen LogP contribution >= 0.6 is 23.5 Å². The SMILES string of the molecule is CCSCCCSc1cccc(O)c1. The maximum absolute atomic E-state index is 9.24. The third kappa shape index (κ3) is 4.82. The van der Waals surface area contributed by atoms with E-state index in [1.807, 2.05) is 41.7 Å². The summed E-state index contributed by atoms with van der Waals surface area (Å²) in [6, 6.07) is 7.45. The van der Waals surface area contributed by atoms with Gasteiger partial charge in [-0.1, -0.05) is 13.0 Å². The average Bonchev–Trinajstić information content (AvgIpc) is 2.18. The number of thioether (sulfide) groups is 2. The van der Waals surface area contributed by atoms with E-state index in [9.17, 15) is 5.11 Å². The van der Waals surface area contributed by atoms with Gasteiger partial charge in [0.15, 0.2) is 0 Å². The minimum absolute atomic E-state index is 0.359. The van der Waals surface area contributed by atoms with Gasteiger partial charge < -0.3 is 5.11 Å². The largest absolute Gasteiger partial charge is 0.508 e. The Labute approximate surface area is 94.3 Å². The van der Waals surface area contributed by atoms with Crippen molar-refractivity contribution in [2.45, 2.75) is 18.2 Å². The summed E-state index contributed by atoms with van der Waals surface area (Å²) in [7, 11) is 0. The van der Waals surface area contributed by atoms with Crippen LogP contribution in [-0.2, 0) is 0 Å². The fourth-order valence-electron chi connectivity index (χ4n) is 1.07. The first-order chi connectivity index (χ1) is 6.83. The molecular weight excluding hydrogens is 212 g/mol. The normalized spacial score (nSPS) is 10.4. The molecule has 0 saturated carbocycles. The molecule has 0 atom stereocenters. The van der Waals surface area contributed by atoms with E-state index in [0.717, 1.165) is 10.6 Å². The fraction of sp³-hybridized carbons (Fsp3) is 0.455. The van der Waals surface area contributed by atoms with Crippen LogP contribution in [0.15, 0.2) is 29.2 Å². The molecule has 0 amide bonds. The highest BCUT2D eigenvalue weighted by Gasteiger charge is 1.95. The second kappa shape index (κ2) is 7.07. The zero-order chi connectivity index (χ0) is 10.2. The number of phenols is 1. The van der Waals surface area contributed by atoms with Crippen LogP contribution in [0.2, 0.25) is 0 Å². The van der Waals surface area contributed by atoms with Gasteiger partial charge in [-0.05, 0) is 41.9 Å². The lowest BCUT2D eigenvalue weighted by Crippen LogP contribution is -1.84. The molecule has 3 heteroatoms. The van der Waals surface area contributed by atoms with E-state index in [1.165, 1.54) is 17.9 Å². The van der Waals surface area contributed by atoms with Crippen molar-refractivity contribution in [3.8, 4) is 5.75 Å². The third-order valence-electron chi connectivity index (χ3n) is 1.72. The van der Waals surface area contributed by atoms with Gasteiger partial charge in [0.05, 0.1) is 0 Å². The standard InChI is InChI=1S/C11H16OS2/c1-2-13-7-4-8-14-11-6-3-5-10(12)9-11/h3,5-6,9,12H,2,4,7-8H2,1H3. The van der Waals surface area contributed by atoms with Crippen molar-refractivity contribution in [3.05, 3.63) is 24.3 Å². The summed E-state index contributed by atoms with van der Waals surface area (Å²) >= 11 is 3.80. The molecule has 0 aliphatic carbocycles. The summed E-state index contributed by atoms with van der Waals surface area (Å²) in [5.41, 5.74) is 0. The van der Waals surface area contributed by atoms with Gasteiger partial charge in [-0.15, -0.1) is 11.8 Å². The van der Waals surface area contributed by atoms with Crippen LogP contribution in [0.3, 0.4) is 0 Å². The van der Waals surface area contributed by atoms with Crippen LogP contribution in [0.5, 0.6) is 5.75 Å². The monoisotopic (exact) mass is 228 g/mol. The number of rotatable bonds is 6. The molecule has 0 fully saturated rings. The Morgan fingerprint density at radius 3 is 2.86 bits per heavy atom. The summed E-state index contributed by atoms with van der Waals surface area (Å²) in [4.78, 5) is 1.16. The molecule has 0 aromatic heterocycles. The molecule has 0 spiro atoms. The third-order valence-corrected chi connectivity index (χ3v) is 3.79. The van der Waals surface area contributed by atoms with E-state index in [0.29, 0.717) is 5.75 Å². The molecule has 1 N–H and O–H groups in total. The van der Waals surface area contributed by atoms with E-state index in [4.69, 9.17) is 0 Å². The number of benzene rings is 1. The second-order valence-electron chi connectivity index (χ2n) is 2.90. The van der Waals surface area contributed by atoms with E-state index >= 15 is 0 Å². The van der Waals surface area contributed by atoms with Gasteiger partial charge >= 0.3 is 0 Å². The molecule has 1 aromatic carbocycles. The second-order valence-corrected chi connectivity index (χ2v) is 5.46. The van der Waals surface area contributed by atoms with Gasteiger partial charge in [0.25, 0.3) is 0 Å². The Morgan fingerprint density at radius 2 is 2.14 bits per heavy atom. The number of hydrogen-bond donors (Lipinski definition) is 1. The number of aromatic hydroxyl groups is 1. The summed E-state index contributed by atoms with van der Waals surface area (Å²) < 4.78 is 0. The first kappa shape index (κ1) is 11.8. The Morgan fingerprint density at radius 1 is 1.29 bits per heavy atom. The lowest BCUT2D eigenvalue weighted by Gasteiger charge is -2.01. The summed E-state index contributed by atoms with van der Waals surface area (Å²) in [5.74, 6) is 3.94. The van der Waals surface area contributed by atoms with Crippen molar-refractivity contribution in [2.75, 3.05) is 17.3 Å². The molecule has 1 nitrogen and oxygen atoms in total. The molecule has 14 heavy (non-hydrogen) atoms. The zero-order valence-electron chi connectivity index (χ0n) is 8.40. The molecule has 78 valence electrons. The summed E-state index contributed by atoms with van der Waals surface area (Å²) in [5, 5.41) is 9.24. The van der Waals surface area contributed by atoms with Crippen LogP contribution in [0.4, 0.5) is 0 Å². The molecule has 0 saturated heterocycles. The maximum Gasteiger partial charge on any atom is 0.116 e. The molecule has 0 unspecified atom stereocenters. The summed E-state index contributed by atoms with van der Waals surface area (Å²) in [6.45, 7) is 2.19. The van der Waals surface area contributed by atoms with E-state index in [2.05, 4.69) is 6.92 Å². The quantitative estimate of drug-likeness (QED) is 0.593. The minimum Gasteiger partial charge on any atom is -0.508 e. The molecule has 0 aliphatic heterocycles. The van der Waals surface area contributed by atoms with Crippen molar-refractivity contribution in [1.82, 2.24) is 0 Å². The Kier molecular flexibility index (Phi) is 5.96. The zero-order valence-corrected chi connectivity index (χ0v) is 10.0. The van der Waals surface area contributed by atoms with Crippen molar-refractivity contribution in [1.29, 1.82) is 0 Å². The first-order valence-corrected chi connectivity index (χ1v) is 6.96.